The maximum Gasteiger partial charge on any atom is 0.404 e. The van der Waals surface area contributed by atoms with E-state index in [1.54, 1.807) is 0 Å². The number of hydrogen-bond acceptors (Lipinski definition) is 1. The number of hydrogen-bond donors (Lipinski definition) is 1. The highest BCUT2D eigenvalue weighted by Crippen LogP contribution is 2.25. The number of halogens is 6. The van der Waals surface area contributed by atoms with Crippen molar-refractivity contribution < 1.29 is 26.3 Å². The Bertz CT molecular complexity index is 401. The first-order valence-electron chi connectivity index (χ1n) is 4.63. The van der Waals surface area contributed by atoms with Crippen LogP contribution in [0.15, 0.2) is 12.1 Å². The summed E-state index contributed by atoms with van der Waals surface area (Å²) in [6.45, 7) is 0. The number of benzene rings is 1. The second-order valence-corrected chi connectivity index (χ2v) is 3.42. The van der Waals surface area contributed by atoms with Gasteiger partial charge in [0.15, 0.2) is 17.5 Å². The Kier molecular flexibility index (Phi) is 4.03. The van der Waals surface area contributed by atoms with Gasteiger partial charge in [-0.05, 0) is 25.1 Å². The fourth-order valence-electron chi connectivity index (χ4n) is 1.32. The molecule has 17 heavy (non-hydrogen) atoms. The third-order valence-corrected chi connectivity index (χ3v) is 2.28. The van der Waals surface area contributed by atoms with E-state index < -0.39 is 41.7 Å². The summed E-state index contributed by atoms with van der Waals surface area (Å²) in [5.74, 6) is -4.78. The van der Waals surface area contributed by atoms with E-state index in [0.29, 0.717) is 6.07 Å². The van der Waals surface area contributed by atoms with Crippen molar-refractivity contribution in [1.82, 2.24) is 5.32 Å². The summed E-state index contributed by atoms with van der Waals surface area (Å²) in [6.07, 6.45) is -5.39. The molecule has 96 valence electrons. The van der Waals surface area contributed by atoms with E-state index >= 15 is 0 Å². The van der Waals surface area contributed by atoms with Gasteiger partial charge < -0.3 is 5.32 Å². The van der Waals surface area contributed by atoms with Crippen molar-refractivity contribution in [3.05, 3.63) is 35.1 Å². The molecule has 0 spiro atoms. The Labute approximate surface area is 93.4 Å². The normalized spacial score (nSPS) is 13.8. The SMILES string of the molecule is CNC(Cc1ccc(F)c(F)c1F)C(F)(F)F. The molecule has 1 atom stereocenters. The molecular weight excluding hydrogens is 248 g/mol. The predicted octanol–water partition coefficient (Wildman–Crippen LogP) is 2.80. The maximum absolute atomic E-state index is 13.1. The average molecular weight is 257 g/mol. The van der Waals surface area contributed by atoms with Gasteiger partial charge in [0.1, 0.15) is 6.04 Å². The zero-order chi connectivity index (χ0) is 13.2. The monoisotopic (exact) mass is 257 g/mol. The topological polar surface area (TPSA) is 12.0 Å². The number of rotatable bonds is 3. The molecule has 0 bridgehead atoms. The average Bonchev–Trinajstić information content (AvgIpc) is 2.23. The van der Waals surface area contributed by atoms with Crippen molar-refractivity contribution in [2.24, 2.45) is 0 Å². The summed E-state index contributed by atoms with van der Waals surface area (Å²) >= 11 is 0. The molecular formula is C10H9F6N. The summed E-state index contributed by atoms with van der Waals surface area (Å²) < 4.78 is 75.6. The zero-order valence-electron chi connectivity index (χ0n) is 8.71. The standard InChI is InChI=1S/C10H9F6N/c1-17-7(10(14,15)16)4-5-2-3-6(11)9(13)8(5)12/h2-3,7,17H,4H2,1H3. The van der Waals surface area contributed by atoms with Crippen LogP contribution >= 0.6 is 0 Å². The Morgan fingerprint density at radius 3 is 2.18 bits per heavy atom. The molecule has 0 aliphatic rings. The van der Waals surface area contributed by atoms with Crippen LogP contribution in [0.3, 0.4) is 0 Å². The third-order valence-electron chi connectivity index (χ3n) is 2.28. The van der Waals surface area contributed by atoms with Crippen LogP contribution in [0.2, 0.25) is 0 Å². The van der Waals surface area contributed by atoms with Gasteiger partial charge in [-0.1, -0.05) is 6.07 Å². The molecule has 0 aliphatic carbocycles. The highest BCUT2D eigenvalue weighted by Gasteiger charge is 2.39. The zero-order valence-corrected chi connectivity index (χ0v) is 8.71. The predicted molar refractivity (Wildman–Crippen MR) is 48.9 cm³/mol. The van der Waals surface area contributed by atoms with E-state index in [1.807, 2.05) is 5.32 Å². The van der Waals surface area contributed by atoms with Crippen molar-refractivity contribution in [3.63, 3.8) is 0 Å². The van der Waals surface area contributed by atoms with Crippen molar-refractivity contribution in [3.8, 4) is 0 Å². The van der Waals surface area contributed by atoms with Crippen LogP contribution < -0.4 is 5.32 Å². The molecule has 7 heteroatoms. The van der Waals surface area contributed by atoms with Gasteiger partial charge in [0.2, 0.25) is 0 Å². The minimum absolute atomic E-state index is 0.527. The second-order valence-electron chi connectivity index (χ2n) is 3.42. The number of alkyl halides is 3. The minimum Gasteiger partial charge on any atom is -0.309 e. The fourth-order valence-corrected chi connectivity index (χ4v) is 1.32. The third kappa shape index (κ3) is 3.12. The Hall–Kier alpha value is -1.24. The number of nitrogens with one attached hydrogen (secondary N) is 1. The fraction of sp³-hybridized carbons (Fsp3) is 0.400. The molecule has 0 aliphatic heterocycles. The first-order valence-corrected chi connectivity index (χ1v) is 4.63. The molecule has 0 saturated heterocycles. The molecule has 1 aromatic carbocycles. The van der Waals surface area contributed by atoms with E-state index in [1.165, 1.54) is 0 Å². The van der Waals surface area contributed by atoms with Crippen LogP contribution in [0.1, 0.15) is 5.56 Å². The van der Waals surface area contributed by atoms with Crippen LogP contribution in [-0.4, -0.2) is 19.3 Å². The highest BCUT2D eigenvalue weighted by molar-refractivity contribution is 5.21. The van der Waals surface area contributed by atoms with E-state index in [9.17, 15) is 26.3 Å². The number of likely N-dealkylation sites (N-methyl/N-ethyl adjacent to an activating group) is 1. The molecule has 1 N–H and O–H groups in total. The molecule has 0 amide bonds. The molecule has 0 saturated carbocycles. The van der Waals surface area contributed by atoms with Crippen LogP contribution in [0.25, 0.3) is 0 Å². The lowest BCUT2D eigenvalue weighted by molar-refractivity contribution is -0.154. The van der Waals surface area contributed by atoms with Gasteiger partial charge in [0.25, 0.3) is 0 Å². The first-order chi connectivity index (χ1) is 7.77. The van der Waals surface area contributed by atoms with Crippen LogP contribution in [0.5, 0.6) is 0 Å². The van der Waals surface area contributed by atoms with Crippen LogP contribution in [0, 0.1) is 17.5 Å². The smallest absolute Gasteiger partial charge is 0.309 e. The summed E-state index contributed by atoms with van der Waals surface area (Å²) in [5.41, 5.74) is -0.527. The lowest BCUT2D eigenvalue weighted by atomic mass is 10.0. The van der Waals surface area contributed by atoms with Gasteiger partial charge in [-0.2, -0.15) is 13.2 Å². The van der Waals surface area contributed by atoms with Crippen LogP contribution in [0.4, 0.5) is 26.3 Å². The molecule has 0 aromatic heterocycles. The van der Waals surface area contributed by atoms with Gasteiger partial charge in [-0.25, -0.2) is 13.2 Å². The molecule has 0 heterocycles. The molecule has 1 unspecified atom stereocenters. The maximum atomic E-state index is 13.1. The Morgan fingerprint density at radius 1 is 1.12 bits per heavy atom. The summed E-state index contributed by atoms with van der Waals surface area (Å²) in [6, 6.07) is -0.623. The molecule has 0 fully saturated rings. The highest BCUT2D eigenvalue weighted by atomic mass is 19.4. The quantitative estimate of drug-likeness (QED) is 0.648. The van der Waals surface area contributed by atoms with Crippen molar-refractivity contribution in [1.29, 1.82) is 0 Å². The minimum atomic E-state index is -4.59. The van der Waals surface area contributed by atoms with Crippen molar-refractivity contribution >= 4 is 0 Å². The second kappa shape index (κ2) is 4.95. The van der Waals surface area contributed by atoms with Gasteiger partial charge in [0, 0.05) is 0 Å². The molecule has 1 nitrogen and oxygen atoms in total. The van der Waals surface area contributed by atoms with Gasteiger partial charge in [-0.15, -0.1) is 0 Å². The van der Waals surface area contributed by atoms with Crippen LogP contribution in [-0.2, 0) is 6.42 Å². The van der Waals surface area contributed by atoms with E-state index in [4.69, 9.17) is 0 Å². The Balaban J connectivity index is 2.99. The van der Waals surface area contributed by atoms with Crippen molar-refractivity contribution in [2.75, 3.05) is 7.05 Å². The van der Waals surface area contributed by atoms with E-state index in [-0.39, 0.29) is 0 Å². The Morgan fingerprint density at radius 2 is 1.71 bits per heavy atom. The summed E-state index contributed by atoms with van der Waals surface area (Å²) in [7, 11) is 1.05. The molecule has 0 radical (unpaired) electrons. The van der Waals surface area contributed by atoms with E-state index in [2.05, 4.69) is 0 Å². The van der Waals surface area contributed by atoms with Gasteiger partial charge >= 0.3 is 6.18 Å². The van der Waals surface area contributed by atoms with Gasteiger partial charge in [-0.3, -0.25) is 0 Å². The molecule has 1 rings (SSSR count). The lowest BCUT2D eigenvalue weighted by Gasteiger charge is -2.19. The van der Waals surface area contributed by atoms with E-state index in [0.717, 1.165) is 13.1 Å². The van der Waals surface area contributed by atoms with Crippen molar-refractivity contribution in [2.45, 2.75) is 18.6 Å². The first kappa shape index (κ1) is 13.8. The van der Waals surface area contributed by atoms with Gasteiger partial charge in [0.05, 0.1) is 0 Å². The summed E-state index contributed by atoms with van der Waals surface area (Å²) in [4.78, 5) is 0. The summed E-state index contributed by atoms with van der Waals surface area (Å²) in [5, 5.41) is 1.94. The molecule has 1 aromatic rings. The largest absolute Gasteiger partial charge is 0.404 e. The lowest BCUT2D eigenvalue weighted by Crippen LogP contribution is -2.42.